The number of fused-ring (bicyclic) bond motifs is 2. The lowest BCUT2D eigenvalue weighted by Gasteiger charge is -2.29. The van der Waals surface area contributed by atoms with Crippen LogP contribution in [0.3, 0.4) is 0 Å². The Morgan fingerprint density at radius 3 is 2.42 bits per heavy atom. The molecule has 108 valence electrons. The smallest absolute Gasteiger partial charge is 0.320 e. The van der Waals surface area contributed by atoms with Crippen LogP contribution < -0.4 is 0 Å². The molecule has 3 atom stereocenters. The molecule has 0 aromatic carbocycles. The Labute approximate surface area is 114 Å². The number of likely N-dealkylation sites (N-methyl/N-ethyl adjacent to an activating group) is 2. The molecule has 2 aliphatic heterocycles. The fourth-order valence-electron chi connectivity index (χ4n) is 3.19. The Kier molecular flexibility index (Phi) is 3.99. The number of hydrogen-bond acceptors (Lipinski definition) is 3. The van der Waals surface area contributed by atoms with Gasteiger partial charge >= 0.3 is 12.0 Å². The number of aliphatic carboxylic acids is 1. The zero-order valence-electron chi connectivity index (χ0n) is 11.9. The molecule has 1 N–H and O–H groups in total. The second-order valence-corrected chi connectivity index (χ2v) is 5.89. The lowest BCUT2D eigenvalue weighted by molar-refractivity contribution is -0.142. The third kappa shape index (κ3) is 2.68. The summed E-state index contributed by atoms with van der Waals surface area (Å²) in [5.74, 6) is -1.13. The van der Waals surface area contributed by atoms with E-state index in [1.165, 1.54) is 0 Å². The van der Waals surface area contributed by atoms with Gasteiger partial charge in [0.1, 0.15) is 0 Å². The summed E-state index contributed by atoms with van der Waals surface area (Å²) >= 11 is 0. The molecule has 2 aliphatic rings. The van der Waals surface area contributed by atoms with E-state index in [2.05, 4.69) is 0 Å². The van der Waals surface area contributed by atoms with Gasteiger partial charge in [0.05, 0.1) is 5.92 Å². The van der Waals surface area contributed by atoms with Crippen LogP contribution in [0.4, 0.5) is 4.79 Å². The Morgan fingerprint density at radius 1 is 1.21 bits per heavy atom. The van der Waals surface area contributed by atoms with Gasteiger partial charge in [-0.2, -0.15) is 0 Å². The Hall–Kier alpha value is -1.30. The van der Waals surface area contributed by atoms with Crippen LogP contribution in [0.5, 0.6) is 0 Å². The van der Waals surface area contributed by atoms with Gasteiger partial charge in [-0.3, -0.25) is 4.79 Å². The second kappa shape index (κ2) is 5.36. The Bertz CT molecular complexity index is 372. The van der Waals surface area contributed by atoms with Crippen LogP contribution >= 0.6 is 0 Å². The Balaban J connectivity index is 1.98. The summed E-state index contributed by atoms with van der Waals surface area (Å²) in [5, 5.41) is 9.19. The minimum atomic E-state index is -0.763. The van der Waals surface area contributed by atoms with Crippen molar-refractivity contribution in [2.45, 2.75) is 31.3 Å². The minimum Gasteiger partial charge on any atom is -0.481 e. The first-order valence-corrected chi connectivity index (χ1v) is 6.82. The number of carboxylic acid groups (broad SMARTS) is 1. The topological polar surface area (TPSA) is 64.1 Å². The van der Waals surface area contributed by atoms with Gasteiger partial charge < -0.3 is 19.8 Å². The number of hydrogen-bond donors (Lipinski definition) is 1. The molecule has 0 spiro atoms. The van der Waals surface area contributed by atoms with Gasteiger partial charge in [0.15, 0.2) is 0 Å². The average Bonchev–Trinajstić information content (AvgIpc) is 2.92. The summed E-state index contributed by atoms with van der Waals surface area (Å²) in [6, 6.07) is 0.00955. The Morgan fingerprint density at radius 2 is 1.89 bits per heavy atom. The van der Waals surface area contributed by atoms with Gasteiger partial charge in [-0.25, -0.2) is 4.79 Å². The fraction of sp³-hybridized carbons (Fsp3) is 0.846. The van der Waals surface area contributed by atoms with Crippen LogP contribution in [-0.4, -0.2) is 78.1 Å². The SMILES string of the molecule is CN(C)CCN(C)C(=O)N1C2CCC1C(C(=O)O)C2. The maximum absolute atomic E-state index is 12.4. The van der Waals surface area contributed by atoms with E-state index in [-0.39, 0.29) is 24.0 Å². The largest absolute Gasteiger partial charge is 0.481 e. The van der Waals surface area contributed by atoms with Crippen molar-refractivity contribution < 1.29 is 14.7 Å². The van der Waals surface area contributed by atoms with E-state index in [9.17, 15) is 14.7 Å². The average molecular weight is 269 g/mol. The van der Waals surface area contributed by atoms with Crippen molar-refractivity contribution in [3.05, 3.63) is 0 Å². The minimum absolute atomic E-state index is 0.0156. The van der Waals surface area contributed by atoms with Gasteiger partial charge in [-0.05, 0) is 33.4 Å². The second-order valence-electron chi connectivity index (χ2n) is 5.89. The molecule has 19 heavy (non-hydrogen) atoms. The number of rotatable bonds is 4. The van der Waals surface area contributed by atoms with Gasteiger partial charge in [-0.15, -0.1) is 0 Å². The third-order valence-corrected chi connectivity index (χ3v) is 4.28. The number of carboxylic acids is 1. The predicted molar refractivity (Wildman–Crippen MR) is 71.0 cm³/mol. The highest BCUT2D eigenvalue weighted by atomic mass is 16.4. The molecule has 0 aromatic rings. The van der Waals surface area contributed by atoms with E-state index < -0.39 is 5.97 Å². The van der Waals surface area contributed by atoms with Crippen molar-refractivity contribution in [2.24, 2.45) is 5.92 Å². The zero-order valence-corrected chi connectivity index (χ0v) is 11.9. The number of amides is 2. The highest BCUT2D eigenvalue weighted by Crippen LogP contribution is 2.42. The first kappa shape index (κ1) is 14.1. The van der Waals surface area contributed by atoms with Crippen LogP contribution in [0.2, 0.25) is 0 Å². The number of nitrogens with zero attached hydrogens (tertiary/aromatic N) is 3. The van der Waals surface area contributed by atoms with Gasteiger partial charge in [0, 0.05) is 32.2 Å². The molecule has 2 fully saturated rings. The summed E-state index contributed by atoms with van der Waals surface area (Å²) < 4.78 is 0. The highest BCUT2D eigenvalue weighted by molar-refractivity contribution is 5.79. The standard InChI is InChI=1S/C13H23N3O3/c1-14(2)6-7-15(3)13(19)16-9-4-5-11(16)10(8-9)12(17)18/h9-11H,4-8H2,1-3H3,(H,17,18). The quantitative estimate of drug-likeness (QED) is 0.809. The van der Waals surface area contributed by atoms with Crippen LogP contribution in [-0.2, 0) is 4.79 Å². The molecule has 2 rings (SSSR count). The van der Waals surface area contributed by atoms with E-state index in [1.807, 2.05) is 23.9 Å². The van der Waals surface area contributed by atoms with Crippen LogP contribution in [0, 0.1) is 5.92 Å². The van der Waals surface area contributed by atoms with Gasteiger partial charge in [0.25, 0.3) is 0 Å². The van der Waals surface area contributed by atoms with Crippen LogP contribution in [0.25, 0.3) is 0 Å². The van der Waals surface area contributed by atoms with Crippen molar-refractivity contribution >= 4 is 12.0 Å². The molecule has 2 amide bonds. The molecule has 0 radical (unpaired) electrons. The molecule has 2 saturated heterocycles. The summed E-state index contributed by atoms with van der Waals surface area (Å²) in [6.07, 6.45) is 2.39. The molecular weight excluding hydrogens is 246 g/mol. The summed E-state index contributed by atoms with van der Waals surface area (Å²) in [5.41, 5.74) is 0. The molecule has 0 saturated carbocycles. The maximum atomic E-state index is 12.4. The van der Waals surface area contributed by atoms with E-state index in [4.69, 9.17) is 0 Å². The van der Waals surface area contributed by atoms with Crippen molar-refractivity contribution in [1.82, 2.24) is 14.7 Å². The first-order chi connectivity index (χ1) is 8.91. The first-order valence-electron chi connectivity index (χ1n) is 6.82. The lowest BCUT2D eigenvalue weighted by atomic mass is 9.89. The summed E-state index contributed by atoms with van der Waals surface area (Å²) in [4.78, 5) is 29.2. The number of carbonyl (C=O) groups is 2. The lowest BCUT2D eigenvalue weighted by Crippen LogP contribution is -2.46. The molecule has 6 nitrogen and oxygen atoms in total. The van der Waals surface area contributed by atoms with Gasteiger partial charge in [0.2, 0.25) is 0 Å². The highest BCUT2D eigenvalue weighted by Gasteiger charge is 2.51. The van der Waals surface area contributed by atoms with Crippen molar-refractivity contribution in [3.63, 3.8) is 0 Å². The molecule has 0 aromatic heterocycles. The molecule has 0 aliphatic carbocycles. The normalized spacial score (nSPS) is 29.1. The number of carbonyl (C=O) groups excluding carboxylic acids is 1. The fourth-order valence-corrected chi connectivity index (χ4v) is 3.19. The van der Waals surface area contributed by atoms with E-state index >= 15 is 0 Å². The summed E-state index contributed by atoms with van der Waals surface area (Å²) in [7, 11) is 5.73. The maximum Gasteiger partial charge on any atom is 0.320 e. The van der Waals surface area contributed by atoms with Crippen molar-refractivity contribution in [1.29, 1.82) is 0 Å². The molecule has 6 heteroatoms. The molecule has 3 unspecified atom stereocenters. The van der Waals surface area contributed by atoms with Gasteiger partial charge in [-0.1, -0.05) is 0 Å². The summed E-state index contributed by atoms with van der Waals surface area (Å²) in [6.45, 7) is 1.48. The molecular formula is C13H23N3O3. The van der Waals surface area contributed by atoms with E-state index in [0.717, 1.165) is 19.4 Å². The monoisotopic (exact) mass is 269 g/mol. The van der Waals surface area contributed by atoms with Crippen LogP contribution in [0.1, 0.15) is 19.3 Å². The van der Waals surface area contributed by atoms with E-state index in [0.29, 0.717) is 13.0 Å². The van der Waals surface area contributed by atoms with E-state index in [1.54, 1.807) is 11.9 Å². The van der Waals surface area contributed by atoms with Crippen molar-refractivity contribution in [3.8, 4) is 0 Å². The zero-order chi connectivity index (χ0) is 14.2. The van der Waals surface area contributed by atoms with Crippen molar-refractivity contribution in [2.75, 3.05) is 34.2 Å². The molecule has 2 bridgehead atoms. The predicted octanol–water partition coefficient (Wildman–Crippen LogP) is 0.537. The third-order valence-electron chi connectivity index (χ3n) is 4.28. The van der Waals surface area contributed by atoms with Crippen LogP contribution in [0.15, 0.2) is 0 Å². The number of urea groups is 1. The molecule has 2 heterocycles.